The molecule has 0 saturated heterocycles. The molecule has 3 rings (SSSR count). The number of anilines is 1. The van der Waals surface area contributed by atoms with E-state index in [0.717, 1.165) is 24.2 Å². The van der Waals surface area contributed by atoms with Crippen molar-refractivity contribution in [1.29, 1.82) is 0 Å². The summed E-state index contributed by atoms with van der Waals surface area (Å²) in [7, 11) is 0. The zero-order valence-corrected chi connectivity index (χ0v) is 11.2. The predicted octanol–water partition coefficient (Wildman–Crippen LogP) is 2.65. The second kappa shape index (κ2) is 5.40. The first-order chi connectivity index (χ1) is 9.31. The smallest absolute Gasteiger partial charge is 0.251 e. The maximum absolute atomic E-state index is 11.8. The van der Waals surface area contributed by atoms with Crippen molar-refractivity contribution < 1.29 is 4.79 Å². The number of nitrogens with one attached hydrogen (secondary N) is 2. The van der Waals surface area contributed by atoms with Gasteiger partial charge in [-0.3, -0.25) is 4.79 Å². The van der Waals surface area contributed by atoms with Gasteiger partial charge in [0.2, 0.25) is 0 Å². The Morgan fingerprint density at radius 2 is 2.11 bits per heavy atom. The van der Waals surface area contributed by atoms with E-state index in [9.17, 15) is 4.79 Å². The molecule has 2 aromatic rings. The van der Waals surface area contributed by atoms with Gasteiger partial charge in [-0.05, 0) is 37.1 Å². The Morgan fingerprint density at radius 1 is 1.32 bits per heavy atom. The van der Waals surface area contributed by atoms with Gasteiger partial charge in [0, 0.05) is 22.7 Å². The van der Waals surface area contributed by atoms with Gasteiger partial charge >= 0.3 is 0 Å². The zero-order valence-electron chi connectivity index (χ0n) is 10.4. The number of rotatable bonds is 5. The molecule has 1 heterocycles. The van der Waals surface area contributed by atoms with E-state index >= 15 is 0 Å². The lowest BCUT2D eigenvalue weighted by molar-refractivity contribution is 0.0951. The lowest BCUT2D eigenvalue weighted by atomic mass is 10.2. The fourth-order valence-electron chi connectivity index (χ4n) is 1.75. The van der Waals surface area contributed by atoms with Gasteiger partial charge in [0.25, 0.3) is 5.91 Å². The molecule has 1 aromatic heterocycles. The molecule has 0 unspecified atom stereocenters. The summed E-state index contributed by atoms with van der Waals surface area (Å²) in [6.07, 6.45) is 2.22. The number of thiazole rings is 1. The average molecular weight is 273 g/mol. The number of carbonyl (C=O) groups is 1. The summed E-state index contributed by atoms with van der Waals surface area (Å²) in [6, 6.07) is 7.94. The standard InChI is InChI=1S/C14H15N3OS/c18-14(17-12-5-6-12)10-1-3-11(4-2-10)15-7-13-8-19-9-16-13/h1-4,8-9,12,15H,5-7H2,(H,17,18). The molecule has 0 spiro atoms. The summed E-state index contributed by atoms with van der Waals surface area (Å²) in [5.41, 5.74) is 4.56. The molecule has 19 heavy (non-hydrogen) atoms. The van der Waals surface area contributed by atoms with Crippen LogP contribution in [0.4, 0.5) is 5.69 Å². The van der Waals surface area contributed by atoms with Gasteiger partial charge < -0.3 is 10.6 Å². The summed E-state index contributed by atoms with van der Waals surface area (Å²) in [5, 5.41) is 8.27. The fraction of sp³-hybridized carbons (Fsp3) is 0.286. The highest BCUT2D eigenvalue weighted by Gasteiger charge is 2.23. The van der Waals surface area contributed by atoms with Gasteiger partial charge in [-0.25, -0.2) is 4.98 Å². The maximum atomic E-state index is 11.8. The van der Waals surface area contributed by atoms with Crippen molar-refractivity contribution in [2.24, 2.45) is 0 Å². The van der Waals surface area contributed by atoms with Gasteiger partial charge in [-0.1, -0.05) is 0 Å². The molecule has 1 aliphatic rings. The van der Waals surface area contributed by atoms with E-state index in [4.69, 9.17) is 0 Å². The second-order valence-corrected chi connectivity index (χ2v) is 5.38. The minimum atomic E-state index is 0.0218. The van der Waals surface area contributed by atoms with E-state index in [1.807, 2.05) is 35.2 Å². The molecule has 1 aliphatic carbocycles. The molecule has 0 radical (unpaired) electrons. The van der Waals surface area contributed by atoms with Crippen molar-refractivity contribution in [1.82, 2.24) is 10.3 Å². The topological polar surface area (TPSA) is 54.0 Å². The van der Waals surface area contributed by atoms with Crippen LogP contribution in [0.15, 0.2) is 35.2 Å². The molecular weight excluding hydrogens is 258 g/mol. The van der Waals surface area contributed by atoms with Gasteiger partial charge in [0.1, 0.15) is 0 Å². The molecule has 98 valence electrons. The summed E-state index contributed by atoms with van der Waals surface area (Å²) < 4.78 is 0. The highest BCUT2D eigenvalue weighted by atomic mass is 32.1. The SMILES string of the molecule is O=C(NC1CC1)c1ccc(NCc2cscn2)cc1. The number of hydrogen-bond acceptors (Lipinski definition) is 4. The van der Waals surface area contributed by atoms with E-state index in [0.29, 0.717) is 18.2 Å². The first-order valence-electron chi connectivity index (χ1n) is 6.33. The molecule has 0 bridgehead atoms. The highest BCUT2D eigenvalue weighted by molar-refractivity contribution is 7.07. The molecule has 1 fully saturated rings. The Morgan fingerprint density at radius 3 is 2.74 bits per heavy atom. The molecule has 1 amide bonds. The van der Waals surface area contributed by atoms with E-state index in [2.05, 4.69) is 15.6 Å². The van der Waals surface area contributed by atoms with Crippen molar-refractivity contribution in [3.8, 4) is 0 Å². The lowest BCUT2D eigenvalue weighted by Gasteiger charge is -2.06. The van der Waals surface area contributed by atoms with E-state index in [-0.39, 0.29) is 5.91 Å². The normalized spacial score (nSPS) is 14.1. The van der Waals surface area contributed by atoms with Crippen LogP contribution in [0.3, 0.4) is 0 Å². The van der Waals surface area contributed by atoms with E-state index in [1.54, 1.807) is 11.3 Å². The van der Waals surface area contributed by atoms with Crippen LogP contribution in [0.2, 0.25) is 0 Å². The first kappa shape index (κ1) is 12.2. The Labute approximate surface area is 115 Å². The van der Waals surface area contributed by atoms with Crippen LogP contribution in [-0.2, 0) is 6.54 Å². The lowest BCUT2D eigenvalue weighted by Crippen LogP contribution is -2.25. The third-order valence-corrected chi connectivity index (χ3v) is 3.65. The molecule has 1 aromatic carbocycles. The highest BCUT2D eigenvalue weighted by Crippen LogP contribution is 2.19. The number of nitrogens with zero attached hydrogens (tertiary/aromatic N) is 1. The number of hydrogen-bond donors (Lipinski definition) is 2. The minimum absolute atomic E-state index is 0.0218. The summed E-state index contributed by atoms with van der Waals surface area (Å²) >= 11 is 1.59. The molecule has 4 nitrogen and oxygen atoms in total. The fourth-order valence-corrected chi connectivity index (χ4v) is 2.31. The number of aromatic nitrogens is 1. The van der Waals surface area contributed by atoms with E-state index < -0.39 is 0 Å². The Kier molecular flexibility index (Phi) is 3.46. The van der Waals surface area contributed by atoms with Crippen molar-refractivity contribution in [3.63, 3.8) is 0 Å². The third kappa shape index (κ3) is 3.32. The number of carbonyl (C=O) groups excluding carboxylic acids is 1. The van der Waals surface area contributed by atoms with Gasteiger partial charge in [0.15, 0.2) is 0 Å². The quantitative estimate of drug-likeness (QED) is 0.880. The summed E-state index contributed by atoms with van der Waals surface area (Å²) in [5.74, 6) is 0.0218. The molecule has 2 N–H and O–H groups in total. The van der Waals surface area contributed by atoms with Crippen LogP contribution in [0.5, 0.6) is 0 Å². The van der Waals surface area contributed by atoms with E-state index in [1.165, 1.54) is 0 Å². The summed E-state index contributed by atoms with van der Waals surface area (Å²) in [4.78, 5) is 16.0. The van der Waals surface area contributed by atoms with Crippen LogP contribution >= 0.6 is 11.3 Å². The second-order valence-electron chi connectivity index (χ2n) is 4.66. The third-order valence-electron chi connectivity index (χ3n) is 3.02. The van der Waals surface area contributed by atoms with Crippen molar-refractivity contribution in [3.05, 3.63) is 46.4 Å². The Hall–Kier alpha value is -1.88. The largest absolute Gasteiger partial charge is 0.379 e. The molecule has 0 aliphatic heterocycles. The van der Waals surface area contributed by atoms with Crippen LogP contribution in [0.25, 0.3) is 0 Å². The zero-order chi connectivity index (χ0) is 13.1. The van der Waals surface area contributed by atoms with Crippen molar-refractivity contribution >= 4 is 22.9 Å². The molecule has 5 heteroatoms. The molecule has 0 atom stereocenters. The molecular formula is C14H15N3OS. The molecule has 1 saturated carbocycles. The van der Waals surface area contributed by atoms with Crippen LogP contribution < -0.4 is 10.6 Å². The number of amides is 1. The Bertz CT molecular complexity index is 547. The minimum Gasteiger partial charge on any atom is -0.379 e. The van der Waals surface area contributed by atoms with Crippen LogP contribution in [0.1, 0.15) is 28.9 Å². The maximum Gasteiger partial charge on any atom is 0.251 e. The van der Waals surface area contributed by atoms with Crippen molar-refractivity contribution in [2.75, 3.05) is 5.32 Å². The summed E-state index contributed by atoms with van der Waals surface area (Å²) in [6.45, 7) is 0.705. The van der Waals surface area contributed by atoms with Crippen molar-refractivity contribution in [2.45, 2.75) is 25.4 Å². The number of benzene rings is 1. The van der Waals surface area contributed by atoms with Gasteiger partial charge in [-0.2, -0.15) is 0 Å². The monoisotopic (exact) mass is 273 g/mol. The van der Waals surface area contributed by atoms with Crippen LogP contribution in [0, 0.1) is 0 Å². The Balaban J connectivity index is 1.57. The first-order valence-corrected chi connectivity index (χ1v) is 7.27. The van der Waals surface area contributed by atoms with Gasteiger partial charge in [-0.15, -0.1) is 11.3 Å². The average Bonchev–Trinajstić information content (AvgIpc) is 3.09. The predicted molar refractivity (Wildman–Crippen MR) is 76.4 cm³/mol. The van der Waals surface area contributed by atoms with Crippen LogP contribution in [-0.4, -0.2) is 16.9 Å². The van der Waals surface area contributed by atoms with Gasteiger partial charge in [0.05, 0.1) is 17.7 Å².